The van der Waals surface area contributed by atoms with Crippen molar-refractivity contribution < 1.29 is 38.3 Å². The summed E-state index contributed by atoms with van der Waals surface area (Å²) in [4.78, 5) is 17.7. The largest absolute Gasteiger partial charge is 0.507 e. The lowest BCUT2D eigenvalue weighted by Gasteiger charge is -2.59. The van der Waals surface area contributed by atoms with Crippen LogP contribution in [-0.2, 0) is 27.1 Å². The molecule has 7 rings (SSSR count). The van der Waals surface area contributed by atoms with Crippen LogP contribution in [0.4, 0.5) is 0 Å². The Morgan fingerprint density at radius 2 is 1.88 bits per heavy atom. The number of carbonyl (C=O) groups is 1. The highest BCUT2D eigenvalue weighted by Gasteiger charge is 2.57. The molecule has 0 aliphatic carbocycles. The monoisotopic (exact) mass is 667 g/mol. The first-order chi connectivity index (χ1) is 23.7. The Hall–Kier alpha value is -4.76. The van der Waals surface area contributed by atoms with Crippen LogP contribution >= 0.6 is 0 Å². The van der Waals surface area contributed by atoms with Crippen LogP contribution in [0.25, 0.3) is 6.08 Å². The average molecular weight is 668 g/mol. The Kier molecular flexibility index (Phi) is 8.65. The molecule has 0 radical (unpaired) electrons. The van der Waals surface area contributed by atoms with E-state index in [2.05, 4.69) is 21.9 Å². The second-order valence-electron chi connectivity index (χ2n) is 13.2. The number of phenolic OH excluding ortho intramolecular Hbond substituents is 1. The number of methoxy groups -OCH3 is 2. The second-order valence-corrected chi connectivity index (χ2v) is 13.2. The van der Waals surface area contributed by atoms with Gasteiger partial charge in [-0.25, -0.2) is 4.79 Å². The Morgan fingerprint density at radius 1 is 1.08 bits per heavy atom. The third-order valence-electron chi connectivity index (χ3n) is 10.4. The molecule has 4 aliphatic heterocycles. The van der Waals surface area contributed by atoms with Crippen LogP contribution in [0.15, 0.2) is 36.4 Å². The number of phenols is 1. The number of nitriles is 1. The maximum absolute atomic E-state index is 13.2. The summed E-state index contributed by atoms with van der Waals surface area (Å²) in [7, 11) is 5.24. The zero-order valence-corrected chi connectivity index (χ0v) is 28.6. The minimum atomic E-state index is -0.618. The molecule has 49 heavy (non-hydrogen) atoms. The van der Waals surface area contributed by atoms with Crippen LogP contribution in [-0.4, -0.2) is 80.5 Å². The molecular weight excluding hydrogens is 626 g/mol. The number of hydrogen-bond donors (Lipinski definition) is 1. The van der Waals surface area contributed by atoms with Gasteiger partial charge in [-0.2, -0.15) is 5.26 Å². The van der Waals surface area contributed by atoms with E-state index in [0.29, 0.717) is 52.5 Å². The maximum Gasteiger partial charge on any atom is 0.330 e. The van der Waals surface area contributed by atoms with Crippen molar-refractivity contribution in [3.63, 3.8) is 0 Å². The Labute approximate surface area is 286 Å². The van der Waals surface area contributed by atoms with Crippen LogP contribution in [0.2, 0.25) is 0 Å². The summed E-state index contributed by atoms with van der Waals surface area (Å²) in [6, 6.07) is 10.6. The van der Waals surface area contributed by atoms with Gasteiger partial charge in [-0.15, -0.1) is 0 Å². The third kappa shape index (κ3) is 5.35. The van der Waals surface area contributed by atoms with Crippen molar-refractivity contribution in [3.8, 4) is 34.8 Å². The Morgan fingerprint density at radius 3 is 2.61 bits per heavy atom. The molecule has 0 saturated carbocycles. The summed E-state index contributed by atoms with van der Waals surface area (Å²) < 4.78 is 35.3. The molecule has 4 heterocycles. The normalized spacial score (nSPS) is 23.7. The number of aromatic hydroxyl groups is 1. The van der Waals surface area contributed by atoms with Crippen LogP contribution in [0.3, 0.4) is 0 Å². The van der Waals surface area contributed by atoms with Gasteiger partial charge in [-0.05, 0) is 63.4 Å². The number of esters is 1. The molecule has 1 saturated heterocycles. The SMILES string of the molecule is COCOc1c(OC)c(C)cc2c1[C@@H]1C3Cc4c(O)c(C)c5c(c4[C@H](COC(=O)/C=C/c4cccc(C)c4)N3[C@@H](C#N)[C@H](C2)N1C)OCO5. The molecule has 256 valence electrons. The number of ether oxygens (including phenoxy) is 6. The van der Waals surface area contributed by atoms with Gasteiger partial charge in [-0.3, -0.25) is 9.80 Å². The molecule has 11 heteroatoms. The van der Waals surface area contributed by atoms with Crippen molar-refractivity contribution in [2.24, 2.45) is 0 Å². The summed E-state index contributed by atoms with van der Waals surface area (Å²) in [5, 5.41) is 22.6. The molecule has 1 fully saturated rings. The maximum atomic E-state index is 13.2. The number of fused-ring (bicyclic) bond motifs is 9. The first-order valence-corrected chi connectivity index (χ1v) is 16.4. The fourth-order valence-electron chi connectivity index (χ4n) is 8.39. The van der Waals surface area contributed by atoms with E-state index in [1.165, 1.54) is 6.08 Å². The van der Waals surface area contributed by atoms with Gasteiger partial charge in [-0.1, -0.05) is 35.9 Å². The van der Waals surface area contributed by atoms with Crippen LogP contribution in [0.5, 0.6) is 28.7 Å². The molecule has 5 atom stereocenters. The van der Waals surface area contributed by atoms with E-state index < -0.39 is 18.1 Å². The predicted molar refractivity (Wildman–Crippen MR) is 180 cm³/mol. The van der Waals surface area contributed by atoms with Gasteiger partial charge in [0, 0.05) is 47.5 Å². The minimum absolute atomic E-state index is 0.00359. The van der Waals surface area contributed by atoms with Crippen molar-refractivity contribution >= 4 is 12.0 Å². The summed E-state index contributed by atoms with van der Waals surface area (Å²) in [5.74, 6) is 1.81. The molecule has 11 nitrogen and oxygen atoms in total. The standard InChI is InChI=1S/C38H41N3O8/c1-20-8-7-9-23(12-20)10-11-30(42)46-17-29-32-25(34(43)22(3)36-38(32)49-19-48-36)15-27-33-31-24(14-26(40(33)4)28(16-39)41(27)29)13-21(2)35(45-6)37(31)47-18-44-5/h7-13,26-29,33,43H,14-15,17-19H2,1-6H3/b11-10+/t26-,27?,28-,29-,33-/m0/s1. The molecule has 1 unspecified atom stereocenters. The molecular formula is C38H41N3O8. The van der Waals surface area contributed by atoms with Crippen LogP contribution < -0.4 is 18.9 Å². The molecule has 0 aromatic heterocycles. The van der Waals surface area contributed by atoms with E-state index in [4.69, 9.17) is 28.4 Å². The minimum Gasteiger partial charge on any atom is -0.507 e. The number of rotatable bonds is 8. The highest BCUT2D eigenvalue weighted by Crippen LogP contribution is 2.58. The summed E-state index contributed by atoms with van der Waals surface area (Å²) in [5.41, 5.74) is 6.90. The van der Waals surface area contributed by atoms with Gasteiger partial charge in [0.25, 0.3) is 0 Å². The second kappa shape index (κ2) is 12.9. The highest BCUT2D eigenvalue weighted by molar-refractivity contribution is 5.87. The molecule has 0 amide bonds. The molecule has 3 aromatic carbocycles. The first-order valence-electron chi connectivity index (χ1n) is 16.4. The van der Waals surface area contributed by atoms with E-state index in [1.807, 2.05) is 52.1 Å². The topological polar surface area (TPSA) is 123 Å². The third-order valence-corrected chi connectivity index (χ3v) is 10.4. The van der Waals surface area contributed by atoms with Gasteiger partial charge >= 0.3 is 5.97 Å². The van der Waals surface area contributed by atoms with Gasteiger partial charge in [0.05, 0.1) is 25.3 Å². The van der Waals surface area contributed by atoms with Gasteiger partial charge in [0.15, 0.2) is 29.8 Å². The average Bonchev–Trinajstić information content (AvgIpc) is 3.58. The lowest BCUT2D eigenvalue weighted by molar-refractivity contribution is -0.143. The van der Waals surface area contributed by atoms with Gasteiger partial charge in [0.1, 0.15) is 18.4 Å². The van der Waals surface area contributed by atoms with Crippen molar-refractivity contribution in [1.82, 2.24) is 9.80 Å². The number of benzene rings is 3. The fraction of sp³-hybridized carbons (Fsp3) is 0.421. The van der Waals surface area contributed by atoms with E-state index >= 15 is 0 Å². The smallest absolute Gasteiger partial charge is 0.330 e. The number of carbonyl (C=O) groups excluding carboxylic acids is 1. The van der Waals surface area contributed by atoms with Gasteiger partial charge in [0.2, 0.25) is 6.79 Å². The molecule has 2 bridgehead atoms. The van der Waals surface area contributed by atoms with Crippen molar-refractivity contribution in [3.05, 3.63) is 80.9 Å². The summed E-state index contributed by atoms with van der Waals surface area (Å²) in [6.07, 6.45) is 4.13. The number of nitrogens with zero attached hydrogens (tertiary/aromatic N) is 3. The summed E-state index contributed by atoms with van der Waals surface area (Å²) >= 11 is 0. The fourth-order valence-corrected chi connectivity index (χ4v) is 8.39. The molecule has 0 spiro atoms. The van der Waals surface area contributed by atoms with Crippen molar-refractivity contribution in [1.29, 1.82) is 5.26 Å². The number of piperazine rings is 1. The Balaban J connectivity index is 1.36. The van der Waals surface area contributed by atoms with Crippen molar-refractivity contribution in [2.75, 3.05) is 41.5 Å². The lowest BCUT2D eigenvalue weighted by Crippen LogP contribution is -2.68. The lowest BCUT2D eigenvalue weighted by atomic mass is 9.71. The number of hydrogen-bond acceptors (Lipinski definition) is 11. The number of aryl methyl sites for hydroxylation is 2. The predicted octanol–water partition coefficient (Wildman–Crippen LogP) is 5.07. The molecule has 1 N–H and O–H groups in total. The number of likely N-dealkylation sites (N-methyl/N-ethyl adjacent to an activating group) is 1. The zero-order valence-electron chi connectivity index (χ0n) is 28.6. The van der Waals surface area contributed by atoms with E-state index in [0.717, 1.165) is 27.8 Å². The zero-order chi connectivity index (χ0) is 34.6. The van der Waals surface area contributed by atoms with Crippen molar-refractivity contribution in [2.45, 2.75) is 63.8 Å². The van der Waals surface area contributed by atoms with Crippen LogP contribution in [0.1, 0.15) is 56.6 Å². The van der Waals surface area contributed by atoms with E-state index in [1.54, 1.807) is 20.3 Å². The highest BCUT2D eigenvalue weighted by atomic mass is 16.7. The van der Waals surface area contributed by atoms with E-state index in [9.17, 15) is 15.2 Å². The first kappa shape index (κ1) is 32.8. The molecule has 3 aromatic rings. The quantitative estimate of drug-likeness (QED) is 0.197. The van der Waals surface area contributed by atoms with Gasteiger partial charge < -0.3 is 33.5 Å². The Bertz CT molecular complexity index is 1880. The summed E-state index contributed by atoms with van der Waals surface area (Å²) in [6.45, 7) is 5.75. The van der Waals surface area contributed by atoms with E-state index in [-0.39, 0.29) is 44.1 Å². The van der Waals surface area contributed by atoms with Crippen LogP contribution in [0, 0.1) is 32.1 Å². The molecule has 4 aliphatic rings.